The number of hydrogen-bond acceptors (Lipinski definition) is 10. The van der Waals surface area contributed by atoms with Crippen molar-refractivity contribution in [3.63, 3.8) is 0 Å². The summed E-state index contributed by atoms with van der Waals surface area (Å²) in [6, 6.07) is -0.841. The Morgan fingerprint density at radius 1 is 0.480 bits per heavy atom. The van der Waals surface area contributed by atoms with Gasteiger partial charge in [-0.3, -0.25) is 9.59 Å². The standard InChI is InChI=1S/C64H115NO10/c1-3-5-7-9-11-13-15-16-27-31-34-38-42-46-50-57(67)56(55-74-64-63(72)62(71)61(70)58(54-66)75-64)65-59(68)51-47-43-39-35-32-28-25-23-21-19-17-18-20-22-24-26-29-33-37-41-45-49-53-73-60(69)52-48-44-40-36-30-14-12-10-8-6-4-2/h10,12-13,15,19,21,31,34,46,50,56-58,61-64,66-67,70-72H,3-9,11,14,16-18,20,22-30,32-33,35-45,47-49,51-55H2,1-2H3,(H,65,68)/b12-10-,15-13+,21-19-,34-31+,50-46+. The molecule has 0 saturated carbocycles. The summed E-state index contributed by atoms with van der Waals surface area (Å²) in [7, 11) is 0. The first kappa shape index (κ1) is 70.4. The van der Waals surface area contributed by atoms with Gasteiger partial charge in [0.1, 0.15) is 24.4 Å². The second kappa shape index (κ2) is 53.4. The highest BCUT2D eigenvalue weighted by Gasteiger charge is 2.44. The molecule has 0 aromatic heterocycles. The molecule has 1 aliphatic rings. The molecule has 7 unspecified atom stereocenters. The van der Waals surface area contributed by atoms with Gasteiger partial charge in [0.15, 0.2) is 6.29 Å². The van der Waals surface area contributed by atoms with Gasteiger partial charge in [-0.2, -0.15) is 0 Å². The number of hydrogen-bond donors (Lipinski definition) is 6. The molecule has 1 amide bonds. The summed E-state index contributed by atoms with van der Waals surface area (Å²) >= 11 is 0. The van der Waals surface area contributed by atoms with Crippen LogP contribution in [0.3, 0.4) is 0 Å². The number of carbonyl (C=O) groups is 2. The molecule has 0 aromatic carbocycles. The van der Waals surface area contributed by atoms with Gasteiger partial charge in [0.05, 0.1) is 32.0 Å². The Hall–Kier alpha value is -2.64. The van der Waals surface area contributed by atoms with Crippen LogP contribution in [0.25, 0.3) is 0 Å². The Morgan fingerprint density at radius 2 is 0.880 bits per heavy atom. The maximum absolute atomic E-state index is 13.0. The molecule has 6 N–H and O–H groups in total. The second-order valence-corrected chi connectivity index (χ2v) is 21.4. The molecular formula is C64H115NO10. The van der Waals surface area contributed by atoms with Crippen LogP contribution in [0.15, 0.2) is 60.8 Å². The van der Waals surface area contributed by atoms with Gasteiger partial charge in [-0.1, -0.05) is 216 Å². The molecule has 436 valence electrons. The minimum Gasteiger partial charge on any atom is -0.466 e. The van der Waals surface area contributed by atoms with E-state index in [4.69, 9.17) is 14.2 Å². The fourth-order valence-electron chi connectivity index (χ4n) is 9.32. The summed E-state index contributed by atoms with van der Waals surface area (Å²) in [5.74, 6) is -0.219. The van der Waals surface area contributed by atoms with E-state index in [1.54, 1.807) is 6.08 Å². The highest BCUT2D eigenvalue weighted by Crippen LogP contribution is 2.23. The molecule has 0 aromatic rings. The molecule has 7 atom stereocenters. The van der Waals surface area contributed by atoms with Gasteiger partial charge >= 0.3 is 5.97 Å². The minimum atomic E-state index is -1.58. The van der Waals surface area contributed by atoms with Crippen LogP contribution < -0.4 is 5.32 Å². The van der Waals surface area contributed by atoms with E-state index in [0.29, 0.717) is 19.4 Å². The van der Waals surface area contributed by atoms with Crippen LogP contribution in [0, 0.1) is 0 Å². The van der Waals surface area contributed by atoms with Crippen molar-refractivity contribution in [1.29, 1.82) is 0 Å². The van der Waals surface area contributed by atoms with Crippen LogP contribution >= 0.6 is 0 Å². The van der Waals surface area contributed by atoms with Crippen molar-refractivity contribution in [3.8, 4) is 0 Å². The molecule has 1 heterocycles. The lowest BCUT2D eigenvalue weighted by atomic mass is 9.99. The third kappa shape index (κ3) is 43.0. The van der Waals surface area contributed by atoms with Crippen LogP contribution in [0.4, 0.5) is 0 Å². The number of esters is 1. The van der Waals surface area contributed by atoms with E-state index < -0.39 is 49.5 Å². The lowest BCUT2D eigenvalue weighted by Crippen LogP contribution is -2.60. The average molecular weight is 1060 g/mol. The number of aliphatic hydroxyl groups is 5. The molecule has 0 spiro atoms. The number of unbranched alkanes of at least 4 members (excludes halogenated alkanes) is 31. The molecule has 11 nitrogen and oxygen atoms in total. The number of ether oxygens (including phenoxy) is 3. The average Bonchev–Trinajstić information content (AvgIpc) is 3.41. The highest BCUT2D eigenvalue weighted by molar-refractivity contribution is 5.76. The van der Waals surface area contributed by atoms with Gasteiger partial charge in [0.25, 0.3) is 0 Å². The Balaban J connectivity index is 2.10. The molecule has 75 heavy (non-hydrogen) atoms. The van der Waals surface area contributed by atoms with Gasteiger partial charge in [-0.05, 0) is 103 Å². The molecule has 1 rings (SSSR count). The van der Waals surface area contributed by atoms with Crippen molar-refractivity contribution in [2.24, 2.45) is 0 Å². The summed E-state index contributed by atoms with van der Waals surface area (Å²) < 4.78 is 16.7. The Labute approximate surface area is 458 Å². The van der Waals surface area contributed by atoms with E-state index in [0.717, 1.165) is 89.9 Å². The Kier molecular flexibility index (Phi) is 50.1. The van der Waals surface area contributed by atoms with Crippen molar-refractivity contribution < 1.29 is 49.3 Å². The number of rotatable bonds is 53. The monoisotopic (exact) mass is 1060 g/mol. The third-order valence-corrected chi connectivity index (χ3v) is 14.3. The SMILES string of the molecule is CCCC/C=C\CCCCCCCC(=O)OCCCCCCCCCCCCC/C=C\CCCCCCCCCC(=O)NC(COC1OC(CO)C(O)C(O)C1O)C(O)/C=C/CC/C=C/CC/C=C/CCCCCC. The minimum absolute atomic E-state index is 0.0150. The topological polar surface area (TPSA) is 175 Å². The van der Waals surface area contributed by atoms with Gasteiger partial charge < -0.3 is 45.1 Å². The molecule has 1 saturated heterocycles. The lowest BCUT2D eigenvalue weighted by molar-refractivity contribution is -0.302. The van der Waals surface area contributed by atoms with Gasteiger partial charge in [-0.15, -0.1) is 0 Å². The highest BCUT2D eigenvalue weighted by atomic mass is 16.7. The van der Waals surface area contributed by atoms with Gasteiger partial charge in [-0.25, -0.2) is 0 Å². The maximum Gasteiger partial charge on any atom is 0.305 e. The summed E-state index contributed by atoms with van der Waals surface area (Å²) in [5.41, 5.74) is 0. The zero-order valence-electron chi connectivity index (χ0n) is 48.0. The fraction of sp³-hybridized carbons (Fsp3) is 0.812. The zero-order valence-corrected chi connectivity index (χ0v) is 48.0. The maximum atomic E-state index is 13.0. The molecule has 0 radical (unpaired) electrons. The quantitative estimate of drug-likeness (QED) is 0.0195. The van der Waals surface area contributed by atoms with E-state index in [9.17, 15) is 35.1 Å². The second-order valence-electron chi connectivity index (χ2n) is 21.4. The van der Waals surface area contributed by atoms with Crippen LogP contribution in [-0.2, 0) is 23.8 Å². The largest absolute Gasteiger partial charge is 0.466 e. The van der Waals surface area contributed by atoms with Crippen molar-refractivity contribution >= 4 is 11.9 Å². The predicted octanol–water partition coefficient (Wildman–Crippen LogP) is 14.6. The lowest BCUT2D eigenvalue weighted by Gasteiger charge is -2.40. The van der Waals surface area contributed by atoms with Crippen LogP contribution in [0.1, 0.15) is 271 Å². The van der Waals surface area contributed by atoms with Gasteiger partial charge in [0.2, 0.25) is 5.91 Å². The first-order valence-electron chi connectivity index (χ1n) is 31.1. The van der Waals surface area contributed by atoms with E-state index >= 15 is 0 Å². The summed E-state index contributed by atoms with van der Waals surface area (Å²) in [5, 5.41) is 54.4. The summed E-state index contributed by atoms with van der Waals surface area (Å²) in [4.78, 5) is 25.1. The molecule has 1 fully saturated rings. The van der Waals surface area contributed by atoms with Crippen molar-refractivity contribution in [2.45, 2.75) is 314 Å². The first-order valence-corrected chi connectivity index (χ1v) is 31.1. The Bertz CT molecular complexity index is 1430. The molecule has 0 aliphatic carbocycles. The van der Waals surface area contributed by atoms with E-state index in [-0.39, 0.29) is 18.5 Å². The number of carbonyl (C=O) groups excluding carboxylic acids is 2. The molecular weight excluding hydrogens is 943 g/mol. The molecule has 0 bridgehead atoms. The van der Waals surface area contributed by atoms with E-state index in [2.05, 4.69) is 67.8 Å². The zero-order chi connectivity index (χ0) is 54.5. The molecule has 1 aliphatic heterocycles. The van der Waals surface area contributed by atoms with Crippen LogP contribution in [0.5, 0.6) is 0 Å². The van der Waals surface area contributed by atoms with Crippen LogP contribution in [-0.4, -0.2) is 100 Å². The fourth-order valence-corrected chi connectivity index (χ4v) is 9.32. The molecule has 11 heteroatoms. The number of amides is 1. The van der Waals surface area contributed by atoms with Crippen molar-refractivity contribution in [1.82, 2.24) is 5.32 Å². The van der Waals surface area contributed by atoms with Crippen molar-refractivity contribution in [3.05, 3.63) is 60.8 Å². The first-order chi connectivity index (χ1) is 36.7. The van der Waals surface area contributed by atoms with E-state index in [1.807, 2.05) is 6.08 Å². The van der Waals surface area contributed by atoms with Crippen LogP contribution in [0.2, 0.25) is 0 Å². The van der Waals surface area contributed by atoms with Gasteiger partial charge in [0, 0.05) is 12.8 Å². The third-order valence-electron chi connectivity index (χ3n) is 14.3. The normalized spacial score (nSPS) is 19.2. The van der Waals surface area contributed by atoms with E-state index in [1.165, 1.54) is 154 Å². The number of nitrogens with one attached hydrogen (secondary N) is 1. The smallest absolute Gasteiger partial charge is 0.305 e. The summed E-state index contributed by atoms with van der Waals surface area (Å²) in [6.07, 6.45) is 58.9. The number of allylic oxidation sites excluding steroid dienone is 9. The predicted molar refractivity (Wildman–Crippen MR) is 310 cm³/mol. The van der Waals surface area contributed by atoms with Crippen molar-refractivity contribution in [2.75, 3.05) is 19.8 Å². The number of aliphatic hydroxyl groups excluding tert-OH is 5. The summed E-state index contributed by atoms with van der Waals surface area (Å²) in [6.45, 7) is 4.25. The Morgan fingerprint density at radius 3 is 1.36 bits per heavy atom.